The maximum Gasteiger partial charge on any atom is 0.326 e. The number of nitrogens with one attached hydrogen (secondary N) is 2. The Labute approximate surface area is 249 Å². The van der Waals surface area contributed by atoms with Gasteiger partial charge in [0.1, 0.15) is 0 Å². The van der Waals surface area contributed by atoms with E-state index in [0.29, 0.717) is 28.4 Å². The van der Waals surface area contributed by atoms with E-state index in [2.05, 4.69) is 22.8 Å². The van der Waals surface area contributed by atoms with Crippen LogP contribution in [0.15, 0.2) is 66.7 Å². The topological polar surface area (TPSA) is 136 Å². The van der Waals surface area contributed by atoms with Crippen molar-refractivity contribution in [2.24, 2.45) is 0 Å². The Hall–Kier alpha value is -4.99. The number of carbonyl (C=O) groups is 5. The number of fused-ring (bicyclic) bond motifs is 1. The SMILES string of the molecule is CN1C(=O)c2ccc(NC(=O)N(Cc3ccc(C(=O)NCCC(=O)O)cc3)c3ccc(C4CCCCC4)cc3)cc2C1=O. The van der Waals surface area contributed by atoms with Crippen molar-refractivity contribution in [2.45, 2.75) is 51.0 Å². The van der Waals surface area contributed by atoms with E-state index in [9.17, 15) is 24.0 Å². The van der Waals surface area contributed by atoms with Crippen molar-refractivity contribution in [1.82, 2.24) is 10.2 Å². The monoisotopic (exact) mass is 582 g/mol. The molecular weight excluding hydrogens is 548 g/mol. The molecule has 43 heavy (non-hydrogen) atoms. The van der Waals surface area contributed by atoms with Crippen LogP contribution in [0.2, 0.25) is 0 Å². The minimum atomic E-state index is -0.992. The van der Waals surface area contributed by atoms with Crippen LogP contribution >= 0.6 is 0 Å². The lowest BCUT2D eigenvalue weighted by Crippen LogP contribution is -2.34. The van der Waals surface area contributed by atoms with Crippen LogP contribution in [0.25, 0.3) is 0 Å². The zero-order valence-corrected chi connectivity index (χ0v) is 24.0. The highest BCUT2D eigenvalue weighted by atomic mass is 16.4. The molecule has 3 N–H and O–H groups in total. The molecule has 0 aromatic heterocycles. The molecular formula is C33H34N4O6. The molecule has 0 atom stereocenters. The first kappa shape index (κ1) is 29.5. The lowest BCUT2D eigenvalue weighted by Gasteiger charge is -2.26. The van der Waals surface area contributed by atoms with Crippen LogP contribution in [0.4, 0.5) is 16.2 Å². The first-order valence-corrected chi connectivity index (χ1v) is 14.4. The van der Waals surface area contributed by atoms with E-state index in [1.807, 2.05) is 12.1 Å². The van der Waals surface area contributed by atoms with Gasteiger partial charge in [-0.3, -0.25) is 29.0 Å². The number of amides is 5. The summed E-state index contributed by atoms with van der Waals surface area (Å²) in [5.41, 5.74) is 4.01. The Kier molecular flexibility index (Phi) is 8.85. The van der Waals surface area contributed by atoms with Crippen molar-refractivity contribution in [1.29, 1.82) is 0 Å². The quantitative estimate of drug-likeness (QED) is 0.289. The van der Waals surface area contributed by atoms with E-state index in [1.165, 1.54) is 44.0 Å². The number of carbonyl (C=O) groups excluding carboxylic acids is 4. The zero-order chi connectivity index (χ0) is 30.5. The van der Waals surface area contributed by atoms with Crippen molar-refractivity contribution < 1.29 is 29.1 Å². The third kappa shape index (κ3) is 6.74. The molecule has 3 aromatic rings. The molecule has 1 aliphatic carbocycles. The second-order valence-electron chi connectivity index (χ2n) is 11.0. The number of urea groups is 1. The smallest absolute Gasteiger partial charge is 0.326 e. The zero-order valence-electron chi connectivity index (χ0n) is 24.0. The summed E-state index contributed by atoms with van der Waals surface area (Å²) in [4.78, 5) is 64.2. The van der Waals surface area contributed by atoms with Crippen LogP contribution in [0, 0.1) is 0 Å². The summed E-state index contributed by atoms with van der Waals surface area (Å²) in [6.45, 7) is 0.222. The highest BCUT2D eigenvalue weighted by Gasteiger charge is 2.33. The predicted molar refractivity (Wildman–Crippen MR) is 161 cm³/mol. The van der Waals surface area contributed by atoms with Gasteiger partial charge in [0.2, 0.25) is 0 Å². The van der Waals surface area contributed by atoms with Gasteiger partial charge in [-0.25, -0.2) is 4.79 Å². The van der Waals surface area contributed by atoms with Gasteiger partial charge in [0.05, 0.1) is 24.1 Å². The van der Waals surface area contributed by atoms with Gasteiger partial charge in [0.25, 0.3) is 17.7 Å². The molecule has 1 saturated carbocycles. The molecule has 222 valence electrons. The van der Waals surface area contributed by atoms with Crippen LogP contribution in [-0.4, -0.2) is 53.3 Å². The molecule has 1 fully saturated rings. The van der Waals surface area contributed by atoms with Crippen LogP contribution in [0.3, 0.4) is 0 Å². The summed E-state index contributed by atoms with van der Waals surface area (Å²) >= 11 is 0. The standard InChI is InChI=1S/C33H34N4O6/c1-36-31(41)27-16-13-25(19-28(27)32(36)42)35-33(43)37(26-14-11-23(12-15-26)22-5-3-2-4-6-22)20-21-7-9-24(10-8-21)30(40)34-18-17-29(38)39/h7-16,19,22H,2-6,17-18,20H2,1H3,(H,34,40)(H,35,43)(H,38,39). The summed E-state index contributed by atoms with van der Waals surface area (Å²) in [5.74, 6) is -1.65. The van der Waals surface area contributed by atoms with E-state index in [1.54, 1.807) is 35.2 Å². The third-order valence-electron chi connectivity index (χ3n) is 8.05. The lowest BCUT2D eigenvalue weighted by molar-refractivity contribution is -0.136. The van der Waals surface area contributed by atoms with Crippen molar-refractivity contribution in [3.63, 3.8) is 0 Å². The fourth-order valence-corrected chi connectivity index (χ4v) is 5.60. The van der Waals surface area contributed by atoms with E-state index >= 15 is 0 Å². The number of hydrogen-bond donors (Lipinski definition) is 3. The lowest BCUT2D eigenvalue weighted by atomic mass is 9.84. The number of carboxylic acid groups (broad SMARTS) is 1. The number of aliphatic carboxylic acids is 1. The van der Waals surface area contributed by atoms with Crippen LogP contribution in [0.1, 0.15) is 86.6 Å². The maximum atomic E-state index is 13.7. The Balaban J connectivity index is 1.36. The average molecular weight is 583 g/mol. The molecule has 3 aromatic carbocycles. The number of carboxylic acids is 1. The molecule has 0 radical (unpaired) electrons. The Morgan fingerprint density at radius 3 is 2.23 bits per heavy atom. The Morgan fingerprint density at radius 2 is 1.56 bits per heavy atom. The van der Waals surface area contributed by atoms with Crippen molar-refractivity contribution >= 4 is 41.1 Å². The van der Waals surface area contributed by atoms with Gasteiger partial charge in [-0.1, -0.05) is 43.5 Å². The molecule has 10 heteroatoms. The molecule has 10 nitrogen and oxygen atoms in total. The van der Waals surface area contributed by atoms with Gasteiger partial charge in [-0.05, 0) is 72.4 Å². The maximum absolute atomic E-state index is 13.7. The van der Waals surface area contributed by atoms with Gasteiger partial charge in [0.15, 0.2) is 0 Å². The largest absolute Gasteiger partial charge is 0.481 e. The van der Waals surface area contributed by atoms with Crippen LogP contribution in [0.5, 0.6) is 0 Å². The molecule has 5 rings (SSSR count). The molecule has 0 bridgehead atoms. The molecule has 0 spiro atoms. The van der Waals surface area contributed by atoms with Crippen LogP contribution < -0.4 is 15.5 Å². The molecule has 5 amide bonds. The molecule has 1 heterocycles. The molecule has 0 unspecified atom stereocenters. The summed E-state index contributed by atoms with van der Waals surface area (Å²) in [6, 6.07) is 19.0. The van der Waals surface area contributed by atoms with E-state index in [4.69, 9.17) is 5.11 Å². The van der Waals surface area contributed by atoms with Gasteiger partial charge in [0, 0.05) is 30.5 Å². The highest BCUT2D eigenvalue weighted by molar-refractivity contribution is 6.21. The summed E-state index contributed by atoms with van der Waals surface area (Å²) in [7, 11) is 1.42. The van der Waals surface area contributed by atoms with Crippen molar-refractivity contribution in [3.8, 4) is 0 Å². The number of rotatable bonds is 9. The number of anilines is 2. The van der Waals surface area contributed by atoms with E-state index < -0.39 is 17.9 Å². The van der Waals surface area contributed by atoms with Crippen molar-refractivity contribution in [3.05, 3.63) is 94.5 Å². The highest BCUT2D eigenvalue weighted by Crippen LogP contribution is 2.34. The van der Waals surface area contributed by atoms with E-state index in [-0.39, 0.29) is 36.9 Å². The minimum absolute atomic E-state index is 0.0272. The first-order chi connectivity index (χ1) is 20.7. The summed E-state index contributed by atoms with van der Waals surface area (Å²) in [6.07, 6.45) is 5.87. The molecule has 1 aliphatic heterocycles. The normalized spacial score (nSPS) is 14.8. The van der Waals surface area contributed by atoms with Gasteiger partial charge in [-0.15, -0.1) is 0 Å². The first-order valence-electron chi connectivity index (χ1n) is 14.4. The minimum Gasteiger partial charge on any atom is -0.481 e. The predicted octanol–water partition coefficient (Wildman–Crippen LogP) is 5.40. The van der Waals surface area contributed by atoms with E-state index in [0.717, 1.165) is 23.3 Å². The third-order valence-corrected chi connectivity index (χ3v) is 8.05. The van der Waals surface area contributed by atoms with Crippen molar-refractivity contribution in [2.75, 3.05) is 23.8 Å². The fraction of sp³-hybridized carbons (Fsp3) is 0.303. The van der Waals surface area contributed by atoms with Crippen LogP contribution in [-0.2, 0) is 11.3 Å². The second-order valence-corrected chi connectivity index (χ2v) is 11.0. The summed E-state index contributed by atoms with van der Waals surface area (Å²) in [5, 5.41) is 14.2. The molecule has 2 aliphatic rings. The fourth-order valence-electron chi connectivity index (χ4n) is 5.60. The number of benzene rings is 3. The Morgan fingerprint density at radius 1 is 0.884 bits per heavy atom. The number of hydrogen-bond acceptors (Lipinski definition) is 5. The molecule has 0 saturated heterocycles. The number of nitrogens with zero attached hydrogens (tertiary/aromatic N) is 2. The second kappa shape index (κ2) is 12.9. The average Bonchev–Trinajstić information content (AvgIpc) is 3.23. The summed E-state index contributed by atoms with van der Waals surface area (Å²) < 4.78 is 0. The Bertz CT molecular complexity index is 1540. The number of imide groups is 1. The van der Waals surface area contributed by atoms with Gasteiger partial charge in [-0.2, -0.15) is 0 Å². The van der Waals surface area contributed by atoms with Gasteiger partial charge >= 0.3 is 12.0 Å². The van der Waals surface area contributed by atoms with Gasteiger partial charge < -0.3 is 15.7 Å².